The fourth-order valence-corrected chi connectivity index (χ4v) is 2.95. The van der Waals surface area contributed by atoms with Crippen molar-refractivity contribution in [2.75, 3.05) is 0 Å². The molecule has 4 nitrogen and oxygen atoms in total. The van der Waals surface area contributed by atoms with Crippen LogP contribution in [0, 0.1) is 0 Å². The Balaban J connectivity index is 2.22. The first-order chi connectivity index (χ1) is 10.6. The molecule has 2 aromatic rings. The average Bonchev–Trinajstić information content (AvgIpc) is 2.54. The van der Waals surface area contributed by atoms with Crippen LogP contribution in [0.3, 0.4) is 0 Å². The molecular weight excluding hydrogens is 296 g/mol. The summed E-state index contributed by atoms with van der Waals surface area (Å²) in [5.74, 6) is -0.781. The number of nitrogens with two attached hydrogens (primary N) is 1. The van der Waals surface area contributed by atoms with Gasteiger partial charge in [0.1, 0.15) is 11.3 Å². The zero-order valence-electron chi connectivity index (χ0n) is 12.2. The van der Waals surface area contributed by atoms with Crippen molar-refractivity contribution in [1.29, 1.82) is 0 Å². The van der Waals surface area contributed by atoms with Crippen LogP contribution in [0.2, 0.25) is 0 Å². The second kappa shape index (κ2) is 7.66. The van der Waals surface area contributed by atoms with Crippen molar-refractivity contribution in [1.82, 2.24) is 5.32 Å². The minimum absolute atomic E-state index is 0.230. The lowest BCUT2D eigenvalue weighted by molar-refractivity contribution is -0.126. The van der Waals surface area contributed by atoms with Gasteiger partial charge in [-0.3, -0.25) is 9.59 Å². The van der Waals surface area contributed by atoms with Crippen LogP contribution in [0.5, 0.6) is 0 Å². The molecule has 2 atom stereocenters. The van der Waals surface area contributed by atoms with Crippen molar-refractivity contribution in [2.45, 2.75) is 23.1 Å². The molecule has 0 aliphatic heterocycles. The number of carbonyl (C=O) groups is 2. The molecule has 0 saturated heterocycles. The Morgan fingerprint density at radius 1 is 1.00 bits per heavy atom. The molecule has 3 N–H and O–H groups in total. The molecule has 5 heteroatoms. The van der Waals surface area contributed by atoms with Crippen molar-refractivity contribution in [2.24, 2.45) is 5.73 Å². The Hall–Kier alpha value is -2.27. The minimum Gasteiger partial charge on any atom is -0.368 e. The predicted octanol–water partition coefficient (Wildman–Crippen LogP) is 2.51. The van der Waals surface area contributed by atoms with Gasteiger partial charge in [-0.15, -0.1) is 11.8 Å². The molecule has 114 valence electrons. The summed E-state index contributed by atoms with van der Waals surface area (Å²) in [7, 11) is 0. The van der Waals surface area contributed by atoms with E-state index in [2.05, 4.69) is 5.32 Å². The van der Waals surface area contributed by atoms with Crippen LogP contribution < -0.4 is 11.1 Å². The van der Waals surface area contributed by atoms with Gasteiger partial charge >= 0.3 is 0 Å². The number of thioether (sulfide) groups is 1. The van der Waals surface area contributed by atoms with Gasteiger partial charge in [-0.1, -0.05) is 48.5 Å². The van der Waals surface area contributed by atoms with Gasteiger partial charge in [-0.05, 0) is 24.6 Å². The van der Waals surface area contributed by atoms with Gasteiger partial charge in [0, 0.05) is 4.90 Å². The smallest absolute Gasteiger partial charge is 0.239 e. The third-order valence-corrected chi connectivity index (χ3v) is 4.39. The molecule has 0 heterocycles. The first kappa shape index (κ1) is 16.1. The summed E-state index contributed by atoms with van der Waals surface area (Å²) in [6, 6.07) is 18.4. The molecule has 2 rings (SSSR count). The third-order valence-electron chi connectivity index (χ3n) is 3.12. The molecule has 2 aromatic carbocycles. The van der Waals surface area contributed by atoms with Crippen LogP contribution in [-0.2, 0) is 9.59 Å². The van der Waals surface area contributed by atoms with Crippen LogP contribution in [0.1, 0.15) is 17.7 Å². The third kappa shape index (κ3) is 4.36. The largest absolute Gasteiger partial charge is 0.368 e. The molecule has 0 aromatic heterocycles. The van der Waals surface area contributed by atoms with Crippen molar-refractivity contribution < 1.29 is 9.59 Å². The Labute approximate surface area is 134 Å². The van der Waals surface area contributed by atoms with Crippen molar-refractivity contribution in [3.05, 3.63) is 66.2 Å². The van der Waals surface area contributed by atoms with E-state index in [1.54, 1.807) is 6.92 Å². The lowest BCUT2D eigenvalue weighted by atomic mass is 10.1. The van der Waals surface area contributed by atoms with Gasteiger partial charge in [0.25, 0.3) is 0 Å². The Morgan fingerprint density at radius 2 is 1.55 bits per heavy atom. The second-order valence-corrected chi connectivity index (χ2v) is 6.03. The zero-order chi connectivity index (χ0) is 15.9. The maximum Gasteiger partial charge on any atom is 0.239 e. The summed E-state index contributed by atoms with van der Waals surface area (Å²) in [6.07, 6.45) is 0. The molecule has 0 saturated carbocycles. The fraction of sp³-hybridized carbons (Fsp3) is 0.176. The summed E-state index contributed by atoms with van der Waals surface area (Å²) < 4.78 is 0. The Morgan fingerprint density at radius 3 is 2.09 bits per heavy atom. The van der Waals surface area contributed by atoms with E-state index in [4.69, 9.17) is 5.73 Å². The number of hydrogen-bond acceptors (Lipinski definition) is 3. The second-order valence-electron chi connectivity index (χ2n) is 4.85. The van der Waals surface area contributed by atoms with Gasteiger partial charge in [0.05, 0.1) is 0 Å². The molecule has 2 amide bonds. The van der Waals surface area contributed by atoms with Crippen molar-refractivity contribution >= 4 is 23.6 Å². The summed E-state index contributed by atoms with van der Waals surface area (Å²) in [4.78, 5) is 24.7. The first-order valence-corrected chi connectivity index (χ1v) is 7.82. The van der Waals surface area contributed by atoms with Crippen LogP contribution >= 0.6 is 11.8 Å². The number of benzene rings is 2. The van der Waals surface area contributed by atoms with E-state index in [0.717, 1.165) is 10.5 Å². The number of hydrogen-bond donors (Lipinski definition) is 2. The number of nitrogens with one attached hydrogen (secondary N) is 1. The quantitative estimate of drug-likeness (QED) is 0.805. The summed E-state index contributed by atoms with van der Waals surface area (Å²) in [6.45, 7) is 1.58. The van der Waals surface area contributed by atoms with Gasteiger partial charge in [-0.2, -0.15) is 0 Å². The molecule has 0 bridgehead atoms. The molecular formula is C17H18N2O2S. The lowest BCUT2D eigenvalue weighted by Gasteiger charge is -2.19. The Bertz CT molecular complexity index is 632. The van der Waals surface area contributed by atoms with Gasteiger partial charge in [0.15, 0.2) is 0 Å². The van der Waals surface area contributed by atoms with Gasteiger partial charge in [-0.25, -0.2) is 0 Å². The van der Waals surface area contributed by atoms with Crippen LogP contribution in [0.25, 0.3) is 0 Å². The fourth-order valence-electron chi connectivity index (χ4n) is 1.90. The maximum atomic E-state index is 12.5. The van der Waals surface area contributed by atoms with E-state index in [1.807, 2.05) is 60.7 Å². The predicted molar refractivity (Wildman–Crippen MR) is 88.3 cm³/mol. The van der Waals surface area contributed by atoms with Gasteiger partial charge in [0.2, 0.25) is 11.8 Å². The summed E-state index contributed by atoms with van der Waals surface area (Å²) >= 11 is 1.44. The highest BCUT2D eigenvalue weighted by atomic mass is 32.2. The zero-order valence-corrected chi connectivity index (χ0v) is 13.0. The highest BCUT2D eigenvalue weighted by molar-refractivity contribution is 8.00. The molecule has 0 unspecified atom stereocenters. The Kier molecular flexibility index (Phi) is 5.61. The topological polar surface area (TPSA) is 72.2 Å². The maximum absolute atomic E-state index is 12.5. The van der Waals surface area contributed by atoms with E-state index >= 15 is 0 Å². The van der Waals surface area contributed by atoms with Crippen LogP contribution in [0.4, 0.5) is 0 Å². The van der Waals surface area contributed by atoms with Crippen molar-refractivity contribution in [3.8, 4) is 0 Å². The molecule has 0 radical (unpaired) electrons. The normalized spacial score (nSPS) is 13.1. The van der Waals surface area contributed by atoms with E-state index in [0.29, 0.717) is 0 Å². The number of amides is 2. The van der Waals surface area contributed by atoms with Crippen molar-refractivity contribution in [3.63, 3.8) is 0 Å². The highest BCUT2D eigenvalue weighted by Gasteiger charge is 2.24. The number of carbonyl (C=O) groups excluding carboxylic acids is 2. The molecule has 0 fully saturated rings. The number of primary amides is 1. The highest BCUT2D eigenvalue weighted by Crippen LogP contribution is 2.35. The lowest BCUT2D eigenvalue weighted by Crippen LogP contribution is -2.43. The average molecular weight is 314 g/mol. The van der Waals surface area contributed by atoms with Gasteiger partial charge < -0.3 is 11.1 Å². The molecule has 0 aliphatic rings. The van der Waals surface area contributed by atoms with Crippen LogP contribution in [0.15, 0.2) is 65.6 Å². The number of rotatable bonds is 6. The minimum atomic E-state index is -0.699. The molecule has 22 heavy (non-hydrogen) atoms. The summed E-state index contributed by atoms with van der Waals surface area (Å²) in [5, 5.41) is 2.22. The SMILES string of the molecule is C[C@@H](NC(=O)[C@@H](Sc1ccccc1)c1ccccc1)C(N)=O. The van der Waals surface area contributed by atoms with E-state index < -0.39 is 17.2 Å². The molecule has 0 aliphatic carbocycles. The van der Waals surface area contributed by atoms with E-state index in [-0.39, 0.29) is 5.91 Å². The van der Waals surface area contributed by atoms with E-state index in [9.17, 15) is 9.59 Å². The monoisotopic (exact) mass is 314 g/mol. The van der Waals surface area contributed by atoms with E-state index in [1.165, 1.54) is 11.8 Å². The first-order valence-electron chi connectivity index (χ1n) is 6.94. The summed E-state index contributed by atoms with van der Waals surface area (Å²) in [5.41, 5.74) is 6.10. The standard InChI is InChI=1S/C17H18N2O2S/c1-12(16(18)20)19-17(21)15(13-8-4-2-5-9-13)22-14-10-6-3-7-11-14/h2-12,15H,1H3,(H2,18,20)(H,19,21)/t12-,15+/m1/s1. The molecule has 0 spiro atoms. The van der Waals surface area contributed by atoms with Crippen LogP contribution in [-0.4, -0.2) is 17.9 Å².